The molecule has 15 heavy (non-hydrogen) atoms. The van der Waals surface area contributed by atoms with E-state index in [-0.39, 0.29) is 18.9 Å². The zero-order chi connectivity index (χ0) is 11.8. The molecule has 0 aliphatic heterocycles. The van der Waals surface area contributed by atoms with E-state index in [4.69, 9.17) is 5.11 Å². The van der Waals surface area contributed by atoms with Gasteiger partial charge in [-0.2, -0.15) is 0 Å². The van der Waals surface area contributed by atoms with E-state index < -0.39 is 5.97 Å². The minimum Gasteiger partial charge on any atom is -0.481 e. The summed E-state index contributed by atoms with van der Waals surface area (Å²) in [6.07, 6.45) is 0.0635. The highest BCUT2D eigenvalue weighted by Gasteiger charge is 2.07. The molecular formula is C10H20N2O3. The molecule has 5 heteroatoms. The number of rotatable bonds is 7. The first-order valence-electron chi connectivity index (χ1n) is 5.09. The zero-order valence-corrected chi connectivity index (χ0v) is 9.62. The van der Waals surface area contributed by atoms with Gasteiger partial charge in [0, 0.05) is 13.1 Å². The van der Waals surface area contributed by atoms with Crippen LogP contribution in [-0.4, -0.2) is 48.6 Å². The van der Waals surface area contributed by atoms with Gasteiger partial charge in [-0.05, 0) is 13.0 Å². The molecule has 0 fully saturated rings. The van der Waals surface area contributed by atoms with Crippen molar-refractivity contribution in [2.75, 3.05) is 26.7 Å². The Morgan fingerprint density at radius 2 is 2.00 bits per heavy atom. The van der Waals surface area contributed by atoms with Crippen molar-refractivity contribution in [1.82, 2.24) is 10.2 Å². The molecule has 0 heterocycles. The average molecular weight is 216 g/mol. The summed E-state index contributed by atoms with van der Waals surface area (Å²) in [6, 6.07) is 0. The molecule has 0 bridgehead atoms. The second-order valence-corrected chi connectivity index (χ2v) is 4.08. The third-order valence-corrected chi connectivity index (χ3v) is 1.83. The second kappa shape index (κ2) is 7.23. The summed E-state index contributed by atoms with van der Waals surface area (Å²) in [7, 11) is 1.73. The molecule has 0 unspecified atom stereocenters. The van der Waals surface area contributed by atoms with E-state index in [0.717, 1.165) is 0 Å². The lowest BCUT2D eigenvalue weighted by Crippen LogP contribution is -2.37. The standard InChI is InChI=1S/C10H20N2O3/c1-8(2)6-11-9(13)7-12(3)5-4-10(14)15/h8H,4-7H2,1-3H3,(H,11,13)(H,14,15). The molecule has 0 aromatic heterocycles. The predicted octanol–water partition coefficient (Wildman–Crippen LogP) is 0.165. The second-order valence-electron chi connectivity index (χ2n) is 4.08. The van der Waals surface area contributed by atoms with Crippen molar-refractivity contribution < 1.29 is 14.7 Å². The molecule has 0 aliphatic rings. The van der Waals surface area contributed by atoms with Crippen LogP contribution in [-0.2, 0) is 9.59 Å². The molecule has 0 aliphatic carbocycles. The van der Waals surface area contributed by atoms with Crippen molar-refractivity contribution in [1.29, 1.82) is 0 Å². The van der Waals surface area contributed by atoms with Crippen molar-refractivity contribution in [2.45, 2.75) is 20.3 Å². The Hall–Kier alpha value is -1.10. The van der Waals surface area contributed by atoms with Gasteiger partial charge in [0.15, 0.2) is 0 Å². The minimum atomic E-state index is -0.843. The number of carboxylic acid groups (broad SMARTS) is 1. The van der Waals surface area contributed by atoms with E-state index in [0.29, 0.717) is 19.0 Å². The molecule has 0 aromatic rings. The van der Waals surface area contributed by atoms with Crippen LogP contribution in [0.4, 0.5) is 0 Å². The monoisotopic (exact) mass is 216 g/mol. The van der Waals surface area contributed by atoms with Crippen molar-refractivity contribution >= 4 is 11.9 Å². The fourth-order valence-electron chi connectivity index (χ4n) is 0.985. The predicted molar refractivity (Wildman–Crippen MR) is 57.6 cm³/mol. The normalized spacial score (nSPS) is 10.7. The number of nitrogens with zero attached hydrogens (tertiary/aromatic N) is 1. The van der Waals surface area contributed by atoms with Gasteiger partial charge in [-0.1, -0.05) is 13.8 Å². The van der Waals surface area contributed by atoms with Gasteiger partial charge in [0.1, 0.15) is 0 Å². The molecule has 0 radical (unpaired) electrons. The first-order chi connectivity index (χ1) is 6.91. The maximum atomic E-state index is 11.3. The Morgan fingerprint density at radius 3 is 2.47 bits per heavy atom. The van der Waals surface area contributed by atoms with E-state index in [1.165, 1.54) is 0 Å². The molecular weight excluding hydrogens is 196 g/mol. The molecule has 88 valence electrons. The molecule has 2 N–H and O–H groups in total. The van der Waals surface area contributed by atoms with Crippen LogP contribution in [0.15, 0.2) is 0 Å². The van der Waals surface area contributed by atoms with Crippen LogP contribution in [0, 0.1) is 5.92 Å². The summed E-state index contributed by atoms with van der Waals surface area (Å²) in [5, 5.41) is 11.2. The molecule has 0 aromatic carbocycles. The summed E-state index contributed by atoms with van der Waals surface area (Å²) in [4.78, 5) is 23.3. The van der Waals surface area contributed by atoms with Crippen molar-refractivity contribution in [3.63, 3.8) is 0 Å². The number of nitrogens with one attached hydrogen (secondary N) is 1. The van der Waals surface area contributed by atoms with Gasteiger partial charge < -0.3 is 10.4 Å². The Labute approximate surface area is 90.5 Å². The number of amides is 1. The molecule has 0 saturated carbocycles. The van der Waals surface area contributed by atoms with E-state index in [9.17, 15) is 9.59 Å². The highest BCUT2D eigenvalue weighted by atomic mass is 16.4. The number of carboxylic acids is 1. The quantitative estimate of drug-likeness (QED) is 0.636. The van der Waals surface area contributed by atoms with Crippen LogP contribution in [0.3, 0.4) is 0 Å². The Bertz CT molecular complexity index is 217. The van der Waals surface area contributed by atoms with Gasteiger partial charge in [-0.25, -0.2) is 0 Å². The largest absolute Gasteiger partial charge is 0.481 e. The fourth-order valence-corrected chi connectivity index (χ4v) is 0.985. The van der Waals surface area contributed by atoms with Gasteiger partial charge >= 0.3 is 5.97 Å². The van der Waals surface area contributed by atoms with Crippen LogP contribution < -0.4 is 5.32 Å². The molecule has 5 nitrogen and oxygen atoms in total. The van der Waals surface area contributed by atoms with Crippen LogP contribution in [0.25, 0.3) is 0 Å². The van der Waals surface area contributed by atoms with E-state index in [1.807, 2.05) is 13.8 Å². The van der Waals surface area contributed by atoms with E-state index >= 15 is 0 Å². The van der Waals surface area contributed by atoms with Gasteiger partial charge in [0.25, 0.3) is 0 Å². The highest BCUT2D eigenvalue weighted by Crippen LogP contribution is 1.89. The summed E-state index contributed by atoms with van der Waals surface area (Å²) in [5.41, 5.74) is 0. The maximum absolute atomic E-state index is 11.3. The first-order valence-corrected chi connectivity index (χ1v) is 5.09. The molecule has 0 atom stereocenters. The molecule has 0 saturated heterocycles. The average Bonchev–Trinajstić information content (AvgIpc) is 2.11. The lowest BCUT2D eigenvalue weighted by atomic mass is 10.2. The summed E-state index contributed by atoms with van der Waals surface area (Å²) >= 11 is 0. The summed E-state index contributed by atoms with van der Waals surface area (Å²) in [5.74, 6) is -0.473. The van der Waals surface area contributed by atoms with Gasteiger partial charge in [-0.15, -0.1) is 0 Å². The Morgan fingerprint density at radius 1 is 1.40 bits per heavy atom. The lowest BCUT2D eigenvalue weighted by molar-refractivity contribution is -0.137. The number of aliphatic carboxylic acids is 1. The zero-order valence-electron chi connectivity index (χ0n) is 9.62. The number of hydrogen-bond acceptors (Lipinski definition) is 3. The highest BCUT2D eigenvalue weighted by molar-refractivity contribution is 5.78. The summed E-state index contributed by atoms with van der Waals surface area (Å²) < 4.78 is 0. The molecule has 0 spiro atoms. The Kier molecular flexibility index (Phi) is 6.70. The number of carbonyl (C=O) groups excluding carboxylic acids is 1. The van der Waals surface area contributed by atoms with Crippen LogP contribution >= 0.6 is 0 Å². The van der Waals surface area contributed by atoms with Gasteiger partial charge in [0.2, 0.25) is 5.91 Å². The summed E-state index contributed by atoms with van der Waals surface area (Å²) in [6.45, 7) is 5.35. The fraction of sp³-hybridized carbons (Fsp3) is 0.800. The van der Waals surface area contributed by atoms with Crippen molar-refractivity contribution in [2.24, 2.45) is 5.92 Å². The smallest absolute Gasteiger partial charge is 0.304 e. The molecule has 0 rings (SSSR count). The van der Waals surface area contributed by atoms with Crippen molar-refractivity contribution in [3.05, 3.63) is 0 Å². The lowest BCUT2D eigenvalue weighted by Gasteiger charge is -2.15. The van der Waals surface area contributed by atoms with Gasteiger partial charge in [-0.3, -0.25) is 14.5 Å². The van der Waals surface area contributed by atoms with Crippen molar-refractivity contribution in [3.8, 4) is 0 Å². The van der Waals surface area contributed by atoms with E-state index in [1.54, 1.807) is 11.9 Å². The minimum absolute atomic E-state index is 0.0587. The Balaban J connectivity index is 3.62. The number of hydrogen-bond donors (Lipinski definition) is 2. The van der Waals surface area contributed by atoms with E-state index in [2.05, 4.69) is 5.32 Å². The SMILES string of the molecule is CC(C)CNC(=O)CN(C)CCC(=O)O. The maximum Gasteiger partial charge on any atom is 0.304 e. The first kappa shape index (κ1) is 13.9. The van der Waals surface area contributed by atoms with Crippen LogP contribution in [0.2, 0.25) is 0 Å². The third-order valence-electron chi connectivity index (χ3n) is 1.83. The van der Waals surface area contributed by atoms with Crippen LogP contribution in [0.5, 0.6) is 0 Å². The van der Waals surface area contributed by atoms with Crippen LogP contribution in [0.1, 0.15) is 20.3 Å². The number of likely N-dealkylation sites (N-methyl/N-ethyl adjacent to an activating group) is 1. The topological polar surface area (TPSA) is 69.6 Å². The third kappa shape index (κ3) is 9.21. The van der Waals surface area contributed by atoms with Gasteiger partial charge in [0.05, 0.1) is 13.0 Å². The molecule has 1 amide bonds. The number of carbonyl (C=O) groups is 2.